The standard InChI is InChI=1S/C10H14N4O2S3/c1-6-7(17-5-12-6)4-14(2)10-8(19(3,15)16)9(11)13-18-10/h5H,4H2,1-3H3,(H2,11,13). The smallest absolute Gasteiger partial charge is 0.182 e. The summed E-state index contributed by atoms with van der Waals surface area (Å²) in [6.07, 6.45) is 1.14. The summed E-state index contributed by atoms with van der Waals surface area (Å²) in [5, 5.41) is 0.563. The highest BCUT2D eigenvalue weighted by atomic mass is 32.2. The lowest BCUT2D eigenvalue weighted by atomic mass is 10.4. The van der Waals surface area contributed by atoms with E-state index in [4.69, 9.17) is 5.73 Å². The van der Waals surface area contributed by atoms with Crippen molar-refractivity contribution in [2.75, 3.05) is 23.9 Å². The van der Waals surface area contributed by atoms with Gasteiger partial charge in [0.05, 0.1) is 17.7 Å². The van der Waals surface area contributed by atoms with Crippen LogP contribution in [0.4, 0.5) is 10.8 Å². The van der Waals surface area contributed by atoms with E-state index in [1.807, 2.05) is 18.9 Å². The minimum atomic E-state index is -3.39. The van der Waals surface area contributed by atoms with E-state index in [0.29, 0.717) is 11.5 Å². The van der Waals surface area contributed by atoms with Crippen molar-refractivity contribution in [3.05, 3.63) is 16.1 Å². The topological polar surface area (TPSA) is 89.2 Å². The number of nitrogens with two attached hydrogens (primary N) is 1. The minimum absolute atomic E-state index is 0.0652. The molecule has 0 bridgehead atoms. The molecule has 0 fully saturated rings. The lowest BCUT2D eigenvalue weighted by Gasteiger charge is -2.17. The lowest BCUT2D eigenvalue weighted by molar-refractivity contribution is 0.602. The first kappa shape index (κ1) is 14.2. The van der Waals surface area contributed by atoms with E-state index in [1.54, 1.807) is 16.8 Å². The molecule has 0 aliphatic heterocycles. The second kappa shape index (κ2) is 5.06. The molecule has 9 heteroatoms. The van der Waals surface area contributed by atoms with Crippen molar-refractivity contribution < 1.29 is 8.42 Å². The Bertz CT molecular complexity index is 689. The summed E-state index contributed by atoms with van der Waals surface area (Å²) in [5.41, 5.74) is 8.38. The summed E-state index contributed by atoms with van der Waals surface area (Å²) in [4.78, 5) is 7.22. The highest BCUT2D eigenvalue weighted by Crippen LogP contribution is 2.35. The monoisotopic (exact) mass is 318 g/mol. The van der Waals surface area contributed by atoms with Gasteiger partial charge in [-0.2, -0.15) is 4.37 Å². The molecule has 0 amide bonds. The molecule has 0 saturated carbocycles. The quantitative estimate of drug-likeness (QED) is 0.919. The third-order valence-electron chi connectivity index (χ3n) is 2.60. The Morgan fingerprint density at radius 3 is 2.68 bits per heavy atom. The van der Waals surface area contributed by atoms with E-state index < -0.39 is 9.84 Å². The molecule has 0 saturated heterocycles. The SMILES string of the molecule is Cc1ncsc1CN(C)c1snc(N)c1S(C)(=O)=O. The van der Waals surface area contributed by atoms with Gasteiger partial charge in [-0.1, -0.05) is 0 Å². The highest BCUT2D eigenvalue weighted by molar-refractivity contribution is 7.91. The van der Waals surface area contributed by atoms with Gasteiger partial charge >= 0.3 is 0 Å². The molecule has 2 aromatic rings. The predicted octanol–water partition coefficient (Wildman–Crippen LogP) is 1.53. The van der Waals surface area contributed by atoms with Crippen molar-refractivity contribution in [1.29, 1.82) is 0 Å². The molecule has 19 heavy (non-hydrogen) atoms. The van der Waals surface area contributed by atoms with Gasteiger partial charge in [-0.25, -0.2) is 13.4 Å². The van der Waals surface area contributed by atoms with E-state index >= 15 is 0 Å². The van der Waals surface area contributed by atoms with E-state index in [0.717, 1.165) is 28.4 Å². The summed E-state index contributed by atoms with van der Waals surface area (Å²) in [6, 6.07) is 0. The molecule has 6 nitrogen and oxygen atoms in total. The summed E-state index contributed by atoms with van der Waals surface area (Å²) in [5.74, 6) is 0.0652. The fourth-order valence-electron chi connectivity index (χ4n) is 1.64. The van der Waals surface area contributed by atoms with Crippen LogP contribution in [0.5, 0.6) is 0 Å². The van der Waals surface area contributed by atoms with Crippen LogP contribution < -0.4 is 10.6 Å². The fraction of sp³-hybridized carbons (Fsp3) is 0.400. The van der Waals surface area contributed by atoms with Gasteiger partial charge in [0.15, 0.2) is 15.7 Å². The molecule has 0 aromatic carbocycles. The third kappa shape index (κ3) is 2.88. The Morgan fingerprint density at radius 1 is 1.47 bits per heavy atom. The van der Waals surface area contributed by atoms with E-state index in [9.17, 15) is 8.42 Å². The fourth-order valence-corrected chi connectivity index (χ4v) is 4.66. The molecule has 0 atom stereocenters. The number of aryl methyl sites for hydroxylation is 1. The zero-order valence-corrected chi connectivity index (χ0v) is 13.2. The summed E-state index contributed by atoms with van der Waals surface area (Å²) in [7, 11) is -1.57. The summed E-state index contributed by atoms with van der Waals surface area (Å²) < 4.78 is 27.5. The number of aromatic nitrogens is 2. The number of nitrogens with zero attached hydrogens (tertiary/aromatic N) is 3. The number of rotatable bonds is 4. The molecule has 0 radical (unpaired) electrons. The van der Waals surface area contributed by atoms with Gasteiger partial charge in [-0.15, -0.1) is 11.3 Å². The van der Waals surface area contributed by atoms with Crippen molar-refractivity contribution in [1.82, 2.24) is 9.36 Å². The number of hydrogen-bond donors (Lipinski definition) is 1. The van der Waals surface area contributed by atoms with Crippen LogP contribution >= 0.6 is 22.9 Å². The van der Waals surface area contributed by atoms with Crippen LogP contribution in [0.2, 0.25) is 0 Å². The maximum absolute atomic E-state index is 11.8. The van der Waals surface area contributed by atoms with E-state index in [1.165, 1.54) is 0 Å². The summed E-state index contributed by atoms with van der Waals surface area (Å²) in [6.45, 7) is 2.51. The van der Waals surface area contributed by atoms with Gasteiger partial charge in [0, 0.05) is 18.2 Å². The number of sulfone groups is 1. The van der Waals surface area contributed by atoms with Crippen molar-refractivity contribution >= 4 is 43.5 Å². The number of anilines is 2. The lowest BCUT2D eigenvalue weighted by Crippen LogP contribution is -2.17. The van der Waals surface area contributed by atoms with Crippen LogP contribution in [0.25, 0.3) is 0 Å². The Balaban J connectivity index is 2.35. The average molecular weight is 318 g/mol. The van der Waals surface area contributed by atoms with Crippen LogP contribution in [0, 0.1) is 6.92 Å². The first-order valence-corrected chi connectivity index (χ1v) is 8.90. The number of thiazole rings is 1. The minimum Gasteiger partial charge on any atom is -0.382 e. The second-order valence-corrected chi connectivity index (χ2v) is 7.84. The molecule has 0 unspecified atom stereocenters. The van der Waals surface area contributed by atoms with Crippen LogP contribution in [-0.2, 0) is 16.4 Å². The van der Waals surface area contributed by atoms with Crippen LogP contribution in [0.15, 0.2) is 10.4 Å². The van der Waals surface area contributed by atoms with Crippen molar-refractivity contribution in [2.24, 2.45) is 0 Å². The van der Waals surface area contributed by atoms with Crippen LogP contribution in [-0.4, -0.2) is 31.1 Å². The Morgan fingerprint density at radius 2 is 2.16 bits per heavy atom. The molecule has 2 N–H and O–H groups in total. The highest BCUT2D eigenvalue weighted by Gasteiger charge is 2.24. The Hall–Kier alpha value is -1.19. The van der Waals surface area contributed by atoms with E-state index in [2.05, 4.69) is 9.36 Å². The molecule has 2 rings (SSSR count). The molecular weight excluding hydrogens is 304 g/mol. The second-order valence-electron chi connectivity index (χ2n) is 4.19. The van der Waals surface area contributed by atoms with Gasteiger partial charge in [-0.3, -0.25) is 0 Å². The number of nitrogen functional groups attached to an aromatic ring is 1. The number of hydrogen-bond acceptors (Lipinski definition) is 8. The van der Waals surface area contributed by atoms with E-state index in [-0.39, 0.29) is 10.7 Å². The Labute approximate surface area is 120 Å². The third-order valence-corrected chi connectivity index (χ3v) is 5.77. The van der Waals surface area contributed by atoms with Gasteiger partial charge < -0.3 is 10.6 Å². The normalized spacial score (nSPS) is 11.7. The molecule has 0 aliphatic carbocycles. The zero-order valence-electron chi connectivity index (χ0n) is 10.7. The van der Waals surface area contributed by atoms with Crippen molar-refractivity contribution in [2.45, 2.75) is 18.4 Å². The molecule has 0 spiro atoms. The Kier molecular flexibility index (Phi) is 3.79. The molecule has 0 aliphatic rings. The van der Waals surface area contributed by atoms with Crippen LogP contribution in [0.3, 0.4) is 0 Å². The molecule has 104 valence electrons. The van der Waals surface area contributed by atoms with Crippen molar-refractivity contribution in [3.8, 4) is 0 Å². The predicted molar refractivity (Wildman–Crippen MR) is 78.6 cm³/mol. The van der Waals surface area contributed by atoms with Gasteiger partial charge in [-0.05, 0) is 18.5 Å². The maximum atomic E-state index is 11.8. The summed E-state index contributed by atoms with van der Waals surface area (Å²) >= 11 is 2.64. The van der Waals surface area contributed by atoms with Crippen molar-refractivity contribution in [3.63, 3.8) is 0 Å². The first-order valence-electron chi connectivity index (χ1n) is 5.36. The first-order chi connectivity index (χ1) is 8.80. The van der Waals surface area contributed by atoms with Gasteiger partial charge in [0.1, 0.15) is 9.90 Å². The molecule has 2 heterocycles. The van der Waals surface area contributed by atoms with Crippen LogP contribution in [0.1, 0.15) is 10.6 Å². The average Bonchev–Trinajstić information content (AvgIpc) is 2.85. The molecular formula is C10H14N4O2S3. The van der Waals surface area contributed by atoms with Gasteiger partial charge in [0.2, 0.25) is 0 Å². The largest absolute Gasteiger partial charge is 0.382 e. The zero-order chi connectivity index (χ0) is 14.2. The maximum Gasteiger partial charge on any atom is 0.182 e. The van der Waals surface area contributed by atoms with Gasteiger partial charge in [0.25, 0.3) is 0 Å². The molecule has 2 aromatic heterocycles.